The number of hydrogen-bond acceptors (Lipinski definition) is 5. The molecule has 0 fully saturated rings. The van der Waals surface area contributed by atoms with Gasteiger partial charge in [-0.3, -0.25) is 4.79 Å². The summed E-state index contributed by atoms with van der Waals surface area (Å²) < 4.78 is 26.2. The van der Waals surface area contributed by atoms with Gasteiger partial charge in [-0.1, -0.05) is 12.1 Å². The van der Waals surface area contributed by atoms with E-state index < -0.39 is 27.7 Å². The van der Waals surface area contributed by atoms with Crippen LogP contribution >= 0.6 is 0 Å². The van der Waals surface area contributed by atoms with Crippen molar-refractivity contribution in [3.63, 3.8) is 0 Å². The Morgan fingerprint density at radius 1 is 1.08 bits per heavy atom. The predicted octanol–water partition coefficient (Wildman–Crippen LogP) is 0.842. The van der Waals surface area contributed by atoms with Crippen molar-refractivity contribution in [1.29, 1.82) is 0 Å². The molecule has 2 heterocycles. The molecular weight excluding hydrogens is 348 g/mol. The zero-order valence-electron chi connectivity index (χ0n) is 12.4. The average molecular weight is 358 g/mol. The highest BCUT2D eigenvalue weighted by molar-refractivity contribution is 7.90. The number of H-pyrrole nitrogens is 1. The van der Waals surface area contributed by atoms with E-state index >= 15 is 0 Å². The number of amides is 2. The number of para-hydroxylation sites is 2. The first kappa shape index (κ1) is 15.1. The van der Waals surface area contributed by atoms with Gasteiger partial charge in [0.15, 0.2) is 0 Å². The van der Waals surface area contributed by atoms with Gasteiger partial charge in [0.25, 0.3) is 15.9 Å². The maximum Gasteiger partial charge on any atom is 0.334 e. The standard InChI is InChI=1S/C15H10N4O5S/c20-13-9-7-8(5-6-12(9)25(23,24)18-13)16-14(21)19-11-4-2-1-3-10(11)17-15(19)22/h1-7H,(H,16,21)(H,17,22)(H,18,20). The van der Waals surface area contributed by atoms with Gasteiger partial charge in [-0.25, -0.2) is 27.3 Å². The molecule has 4 rings (SSSR count). The van der Waals surface area contributed by atoms with Gasteiger partial charge in [-0.05, 0) is 30.3 Å². The number of carbonyl (C=O) groups excluding carboxylic acids is 2. The normalized spacial score (nSPS) is 15.0. The fourth-order valence-corrected chi connectivity index (χ4v) is 3.84. The van der Waals surface area contributed by atoms with Gasteiger partial charge in [-0.2, -0.15) is 0 Å². The van der Waals surface area contributed by atoms with E-state index in [2.05, 4.69) is 10.3 Å². The molecule has 0 unspecified atom stereocenters. The number of nitrogens with one attached hydrogen (secondary N) is 3. The van der Waals surface area contributed by atoms with E-state index in [0.717, 1.165) is 4.57 Å². The van der Waals surface area contributed by atoms with Crippen LogP contribution in [0.15, 0.2) is 52.2 Å². The van der Waals surface area contributed by atoms with Gasteiger partial charge in [0.1, 0.15) is 4.90 Å². The Hall–Kier alpha value is -3.40. The van der Waals surface area contributed by atoms with Gasteiger partial charge < -0.3 is 10.3 Å². The average Bonchev–Trinajstić information content (AvgIpc) is 3.00. The monoisotopic (exact) mass is 358 g/mol. The maximum atomic E-state index is 12.4. The summed E-state index contributed by atoms with van der Waals surface area (Å²) >= 11 is 0. The highest BCUT2D eigenvalue weighted by Crippen LogP contribution is 2.25. The minimum atomic E-state index is -3.85. The van der Waals surface area contributed by atoms with Crippen LogP contribution in [0.5, 0.6) is 0 Å². The minimum Gasteiger partial charge on any atom is -0.307 e. The van der Waals surface area contributed by atoms with Gasteiger partial charge in [0.05, 0.1) is 16.6 Å². The summed E-state index contributed by atoms with van der Waals surface area (Å²) in [6.45, 7) is 0. The SMILES string of the molecule is O=C1NS(=O)(=O)c2ccc(NC(=O)n3c(=O)[nH]c4ccccc43)cc21. The summed E-state index contributed by atoms with van der Waals surface area (Å²) in [7, 11) is -3.85. The molecule has 2 aromatic carbocycles. The number of rotatable bonds is 1. The zero-order chi connectivity index (χ0) is 17.8. The lowest BCUT2D eigenvalue weighted by molar-refractivity contribution is 0.0985. The van der Waals surface area contributed by atoms with E-state index in [-0.39, 0.29) is 16.1 Å². The van der Waals surface area contributed by atoms with E-state index in [4.69, 9.17) is 0 Å². The zero-order valence-corrected chi connectivity index (χ0v) is 13.3. The number of imidazole rings is 1. The maximum absolute atomic E-state index is 12.4. The summed E-state index contributed by atoms with van der Waals surface area (Å²) in [5.74, 6) is -0.768. The minimum absolute atomic E-state index is 0.0657. The number of carbonyl (C=O) groups is 2. The van der Waals surface area contributed by atoms with E-state index in [1.54, 1.807) is 24.3 Å². The first-order valence-electron chi connectivity index (χ1n) is 7.09. The topological polar surface area (TPSA) is 130 Å². The first-order valence-corrected chi connectivity index (χ1v) is 8.57. The molecule has 3 N–H and O–H groups in total. The summed E-state index contributed by atoms with van der Waals surface area (Å²) in [4.78, 5) is 38.5. The van der Waals surface area contributed by atoms with Gasteiger partial charge in [-0.15, -0.1) is 0 Å². The number of hydrogen-bond donors (Lipinski definition) is 3. The quantitative estimate of drug-likeness (QED) is 0.593. The molecule has 9 nitrogen and oxygen atoms in total. The van der Waals surface area contributed by atoms with Crippen LogP contribution in [0.25, 0.3) is 11.0 Å². The number of benzene rings is 2. The third-order valence-electron chi connectivity index (χ3n) is 3.78. The molecular formula is C15H10N4O5S. The molecule has 3 aromatic rings. The molecule has 0 spiro atoms. The lowest BCUT2D eigenvalue weighted by atomic mass is 10.2. The second-order valence-electron chi connectivity index (χ2n) is 5.36. The van der Waals surface area contributed by atoms with Crippen molar-refractivity contribution in [2.75, 3.05) is 5.32 Å². The van der Waals surface area contributed by atoms with Crippen molar-refractivity contribution in [3.05, 3.63) is 58.5 Å². The number of fused-ring (bicyclic) bond motifs is 2. The molecule has 126 valence electrons. The Morgan fingerprint density at radius 3 is 2.64 bits per heavy atom. The highest BCUT2D eigenvalue weighted by atomic mass is 32.2. The molecule has 1 aliphatic heterocycles. The third-order valence-corrected chi connectivity index (χ3v) is 5.17. The van der Waals surface area contributed by atoms with Crippen LogP contribution in [0.1, 0.15) is 10.4 Å². The number of aromatic amines is 1. The molecule has 0 saturated carbocycles. The molecule has 1 aliphatic rings. The van der Waals surface area contributed by atoms with E-state index in [0.29, 0.717) is 11.0 Å². The number of nitrogens with zero attached hydrogens (tertiary/aromatic N) is 1. The predicted molar refractivity (Wildman–Crippen MR) is 88.1 cm³/mol. The summed E-state index contributed by atoms with van der Waals surface area (Å²) in [5, 5.41) is 2.48. The Bertz CT molecular complexity index is 1220. The van der Waals surface area contributed by atoms with Crippen molar-refractivity contribution < 1.29 is 18.0 Å². The van der Waals surface area contributed by atoms with Crippen LogP contribution in [0.2, 0.25) is 0 Å². The number of anilines is 1. The molecule has 0 saturated heterocycles. The van der Waals surface area contributed by atoms with Crippen LogP contribution in [-0.2, 0) is 10.0 Å². The fourth-order valence-electron chi connectivity index (χ4n) is 2.69. The van der Waals surface area contributed by atoms with Crippen LogP contribution in [0.4, 0.5) is 10.5 Å². The van der Waals surface area contributed by atoms with Crippen LogP contribution in [0.3, 0.4) is 0 Å². The fraction of sp³-hybridized carbons (Fsp3) is 0. The summed E-state index contributed by atoms with van der Waals surface area (Å²) in [5.41, 5.74) is 0.408. The second-order valence-corrected chi connectivity index (χ2v) is 7.01. The number of aromatic nitrogens is 2. The molecule has 0 bridgehead atoms. The Balaban J connectivity index is 1.73. The Morgan fingerprint density at radius 2 is 1.84 bits per heavy atom. The summed E-state index contributed by atoms with van der Waals surface area (Å²) in [6.07, 6.45) is 0. The smallest absolute Gasteiger partial charge is 0.307 e. The van der Waals surface area contributed by atoms with E-state index in [1.807, 2.05) is 4.72 Å². The third kappa shape index (κ3) is 2.31. The highest BCUT2D eigenvalue weighted by Gasteiger charge is 2.32. The molecule has 10 heteroatoms. The molecule has 2 amide bonds. The van der Waals surface area contributed by atoms with Crippen molar-refractivity contribution in [2.45, 2.75) is 4.90 Å². The first-order chi connectivity index (χ1) is 11.9. The largest absolute Gasteiger partial charge is 0.334 e. The van der Waals surface area contributed by atoms with E-state index in [1.165, 1.54) is 18.2 Å². The van der Waals surface area contributed by atoms with Gasteiger partial charge in [0.2, 0.25) is 0 Å². The Kier molecular flexibility index (Phi) is 3.06. The van der Waals surface area contributed by atoms with Crippen molar-refractivity contribution in [2.24, 2.45) is 0 Å². The Labute approximate surface area is 140 Å². The van der Waals surface area contributed by atoms with Crippen LogP contribution in [-0.4, -0.2) is 29.9 Å². The molecule has 25 heavy (non-hydrogen) atoms. The number of sulfonamides is 1. The summed E-state index contributed by atoms with van der Waals surface area (Å²) in [6, 6.07) is 9.74. The molecule has 0 atom stereocenters. The van der Waals surface area contributed by atoms with Crippen LogP contribution in [0, 0.1) is 0 Å². The molecule has 0 aliphatic carbocycles. The molecule has 1 aromatic heterocycles. The van der Waals surface area contributed by atoms with E-state index in [9.17, 15) is 22.8 Å². The van der Waals surface area contributed by atoms with Gasteiger partial charge >= 0.3 is 11.7 Å². The van der Waals surface area contributed by atoms with Crippen LogP contribution < -0.4 is 15.7 Å². The molecule has 0 radical (unpaired) electrons. The van der Waals surface area contributed by atoms with Crippen molar-refractivity contribution in [1.82, 2.24) is 14.3 Å². The second kappa shape index (κ2) is 5.05. The van der Waals surface area contributed by atoms with Gasteiger partial charge in [0, 0.05) is 5.69 Å². The van der Waals surface area contributed by atoms with Crippen molar-refractivity contribution >= 4 is 38.7 Å². The van der Waals surface area contributed by atoms with Crippen molar-refractivity contribution in [3.8, 4) is 0 Å². The lowest BCUT2D eigenvalue weighted by Crippen LogP contribution is -2.29. The lowest BCUT2D eigenvalue weighted by Gasteiger charge is -2.06.